The van der Waals surface area contributed by atoms with Crippen molar-refractivity contribution in [3.05, 3.63) is 75.2 Å². The van der Waals surface area contributed by atoms with E-state index in [1.165, 1.54) is 0 Å². The summed E-state index contributed by atoms with van der Waals surface area (Å²) in [5, 5.41) is 16.0. The zero-order valence-corrected chi connectivity index (χ0v) is 11.6. The van der Waals surface area contributed by atoms with Crippen LogP contribution in [0.5, 0.6) is 0 Å². The molecule has 0 saturated heterocycles. The molecular weight excluding hydrogens is 306 g/mol. The van der Waals surface area contributed by atoms with Crippen LogP contribution in [-0.4, -0.2) is 21.3 Å². The van der Waals surface area contributed by atoms with Crippen molar-refractivity contribution in [1.29, 1.82) is 0 Å². The average Bonchev–Trinajstić information content (AvgIpc) is 2.52. The van der Waals surface area contributed by atoms with Gasteiger partial charge >= 0.3 is 5.97 Å². The first-order chi connectivity index (χ1) is 11.0. The van der Waals surface area contributed by atoms with Gasteiger partial charge in [-0.25, -0.2) is 18.7 Å². The molecular formula is C16H10F2N2O3. The van der Waals surface area contributed by atoms with E-state index >= 15 is 0 Å². The Morgan fingerprint density at radius 1 is 1.13 bits per heavy atom. The predicted octanol–water partition coefficient (Wildman–Crippen LogP) is 2.49. The molecule has 1 aromatic heterocycles. The minimum atomic E-state index is -1.48. The monoisotopic (exact) mass is 316 g/mol. The first-order valence-electron chi connectivity index (χ1n) is 6.65. The molecule has 116 valence electrons. The van der Waals surface area contributed by atoms with E-state index in [2.05, 4.69) is 10.2 Å². The zero-order chi connectivity index (χ0) is 16.6. The second-order valence-electron chi connectivity index (χ2n) is 4.95. The SMILES string of the molecule is O=C(O)c1cc(Cc2n[nH]c(=O)c3ccccc23)c(F)cc1F. The minimum Gasteiger partial charge on any atom is -0.478 e. The molecule has 0 amide bonds. The van der Waals surface area contributed by atoms with Gasteiger partial charge in [-0.3, -0.25) is 4.79 Å². The van der Waals surface area contributed by atoms with E-state index in [0.29, 0.717) is 22.5 Å². The number of carboxylic acids is 1. The van der Waals surface area contributed by atoms with Gasteiger partial charge in [0, 0.05) is 17.9 Å². The second kappa shape index (κ2) is 5.60. The number of hydrogen-bond acceptors (Lipinski definition) is 3. The van der Waals surface area contributed by atoms with Gasteiger partial charge in [0.15, 0.2) is 0 Å². The summed E-state index contributed by atoms with van der Waals surface area (Å²) in [6, 6.07) is 8.12. The minimum absolute atomic E-state index is 0.0199. The molecule has 2 aromatic carbocycles. The molecule has 3 aromatic rings. The first kappa shape index (κ1) is 14.8. The summed E-state index contributed by atoms with van der Waals surface area (Å²) in [6.07, 6.45) is -0.0797. The lowest BCUT2D eigenvalue weighted by atomic mass is 10.0. The first-order valence-corrected chi connectivity index (χ1v) is 6.65. The Hall–Kier alpha value is -3.09. The van der Waals surface area contributed by atoms with Crippen LogP contribution in [0.25, 0.3) is 10.8 Å². The highest BCUT2D eigenvalue weighted by molar-refractivity contribution is 5.88. The average molecular weight is 316 g/mol. The molecule has 0 fully saturated rings. The van der Waals surface area contributed by atoms with Gasteiger partial charge in [0.25, 0.3) is 5.56 Å². The number of carbonyl (C=O) groups is 1. The van der Waals surface area contributed by atoms with Crippen molar-refractivity contribution < 1.29 is 18.7 Å². The summed E-state index contributed by atoms with van der Waals surface area (Å²) in [4.78, 5) is 22.7. The maximum absolute atomic E-state index is 13.9. The molecule has 0 spiro atoms. The molecule has 5 nitrogen and oxygen atoms in total. The Morgan fingerprint density at radius 3 is 2.52 bits per heavy atom. The van der Waals surface area contributed by atoms with Crippen LogP contribution in [0.2, 0.25) is 0 Å². The van der Waals surface area contributed by atoms with Crippen molar-refractivity contribution in [3.63, 3.8) is 0 Å². The largest absolute Gasteiger partial charge is 0.478 e. The van der Waals surface area contributed by atoms with Crippen molar-refractivity contribution in [2.75, 3.05) is 0 Å². The van der Waals surface area contributed by atoms with E-state index in [-0.39, 0.29) is 17.5 Å². The number of rotatable bonds is 3. The molecule has 7 heteroatoms. The van der Waals surface area contributed by atoms with Crippen molar-refractivity contribution >= 4 is 16.7 Å². The Balaban J connectivity index is 2.13. The molecule has 0 aliphatic heterocycles. The summed E-state index contributed by atoms with van der Waals surface area (Å²) in [5.41, 5.74) is -0.652. The third-order valence-electron chi connectivity index (χ3n) is 3.50. The molecule has 2 N–H and O–H groups in total. The van der Waals surface area contributed by atoms with Crippen LogP contribution in [0.3, 0.4) is 0 Å². The maximum atomic E-state index is 13.9. The molecule has 0 aliphatic rings. The van der Waals surface area contributed by atoms with Gasteiger partial charge in [-0.05, 0) is 17.7 Å². The summed E-state index contributed by atoms with van der Waals surface area (Å²) in [5.74, 6) is -3.49. The number of nitrogens with zero attached hydrogens (tertiary/aromatic N) is 1. The number of benzene rings is 2. The van der Waals surface area contributed by atoms with Crippen LogP contribution in [0, 0.1) is 11.6 Å². The van der Waals surface area contributed by atoms with Crippen molar-refractivity contribution in [2.45, 2.75) is 6.42 Å². The molecule has 0 aliphatic carbocycles. The molecule has 0 atom stereocenters. The highest BCUT2D eigenvalue weighted by Crippen LogP contribution is 2.21. The number of H-pyrrole nitrogens is 1. The number of fused-ring (bicyclic) bond motifs is 1. The normalized spacial score (nSPS) is 10.9. The van der Waals surface area contributed by atoms with Crippen molar-refractivity contribution in [2.24, 2.45) is 0 Å². The van der Waals surface area contributed by atoms with Crippen LogP contribution in [0.4, 0.5) is 8.78 Å². The quantitative estimate of drug-likeness (QED) is 0.777. The van der Waals surface area contributed by atoms with Crippen LogP contribution < -0.4 is 5.56 Å². The fourth-order valence-corrected chi connectivity index (χ4v) is 2.38. The Morgan fingerprint density at radius 2 is 1.83 bits per heavy atom. The van der Waals surface area contributed by atoms with Gasteiger partial charge in [-0.2, -0.15) is 5.10 Å². The molecule has 1 heterocycles. The van der Waals surface area contributed by atoms with Crippen LogP contribution in [-0.2, 0) is 6.42 Å². The standard InChI is InChI=1S/C16H10F2N2O3/c17-12-7-13(18)11(16(22)23)5-8(12)6-14-9-3-1-2-4-10(9)15(21)20-19-14/h1-5,7H,6H2,(H,20,21)(H,22,23). The third kappa shape index (κ3) is 2.68. The predicted molar refractivity (Wildman–Crippen MR) is 78.5 cm³/mol. The Kier molecular flexibility index (Phi) is 3.61. The van der Waals surface area contributed by atoms with E-state index in [1.54, 1.807) is 24.3 Å². The number of halogens is 2. The van der Waals surface area contributed by atoms with Crippen LogP contribution in [0.15, 0.2) is 41.2 Å². The van der Waals surface area contributed by atoms with Gasteiger partial charge in [-0.1, -0.05) is 18.2 Å². The van der Waals surface area contributed by atoms with Crippen LogP contribution >= 0.6 is 0 Å². The molecule has 0 bridgehead atoms. The number of nitrogens with one attached hydrogen (secondary N) is 1. The zero-order valence-electron chi connectivity index (χ0n) is 11.6. The number of carboxylic acid groups (broad SMARTS) is 1. The van der Waals surface area contributed by atoms with Gasteiger partial charge in [0.1, 0.15) is 11.6 Å². The van der Waals surface area contributed by atoms with E-state index < -0.39 is 23.2 Å². The summed E-state index contributed by atoms with van der Waals surface area (Å²) in [6.45, 7) is 0. The summed E-state index contributed by atoms with van der Waals surface area (Å²) in [7, 11) is 0. The Labute approximate surface area is 128 Å². The van der Waals surface area contributed by atoms with E-state index in [0.717, 1.165) is 6.07 Å². The topological polar surface area (TPSA) is 83.0 Å². The molecule has 0 saturated carbocycles. The van der Waals surface area contributed by atoms with Gasteiger partial charge in [0.2, 0.25) is 0 Å². The van der Waals surface area contributed by atoms with E-state index in [4.69, 9.17) is 5.11 Å². The smallest absolute Gasteiger partial charge is 0.338 e. The lowest BCUT2D eigenvalue weighted by molar-refractivity contribution is 0.0691. The van der Waals surface area contributed by atoms with Gasteiger partial charge in [-0.15, -0.1) is 0 Å². The van der Waals surface area contributed by atoms with Gasteiger partial charge in [0.05, 0.1) is 16.6 Å². The molecule has 0 radical (unpaired) electrons. The second-order valence-corrected chi connectivity index (χ2v) is 4.95. The number of aromatic carboxylic acids is 1. The summed E-state index contributed by atoms with van der Waals surface area (Å²) >= 11 is 0. The van der Waals surface area contributed by atoms with Gasteiger partial charge < -0.3 is 5.11 Å². The highest BCUT2D eigenvalue weighted by atomic mass is 19.1. The fourth-order valence-electron chi connectivity index (χ4n) is 2.38. The third-order valence-corrected chi connectivity index (χ3v) is 3.50. The van der Waals surface area contributed by atoms with Crippen molar-refractivity contribution in [1.82, 2.24) is 10.2 Å². The molecule has 3 rings (SSSR count). The Bertz CT molecular complexity index is 983. The summed E-state index contributed by atoms with van der Waals surface area (Å²) < 4.78 is 27.4. The lowest BCUT2D eigenvalue weighted by Crippen LogP contribution is -2.12. The number of hydrogen-bond donors (Lipinski definition) is 2. The highest BCUT2D eigenvalue weighted by Gasteiger charge is 2.17. The van der Waals surface area contributed by atoms with E-state index in [9.17, 15) is 18.4 Å². The number of aromatic amines is 1. The van der Waals surface area contributed by atoms with Crippen LogP contribution in [0.1, 0.15) is 21.6 Å². The molecule has 0 unspecified atom stereocenters. The lowest BCUT2D eigenvalue weighted by Gasteiger charge is -2.08. The van der Waals surface area contributed by atoms with Crippen molar-refractivity contribution in [3.8, 4) is 0 Å². The fraction of sp³-hybridized carbons (Fsp3) is 0.0625. The van der Waals surface area contributed by atoms with E-state index in [1.807, 2.05) is 0 Å². The maximum Gasteiger partial charge on any atom is 0.338 e. The molecule has 23 heavy (non-hydrogen) atoms. The number of aromatic nitrogens is 2.